The molecular weight excluding hydrogens is 186 g/mol. The molecule has 14 heavy (non-hydrogen) atoms. The highest BCUT2D eigenvalue weighted by Crippen LogP contribution is 2.24. The van der Waals surface area contributed by atoms with Crippen LogP contribution in [0.3, 0.4) is 0 Å². The highest BCUT2D eigenvalue weighted by Gasteiger charge is 2.36. The number of hydrogen-bond donors (Lipinski definition) is 0. The fraction of sp³-hybridized carbons (Fsp3) is 1.00. The van der Waals surface area contributed by atoms with Crippen LogP contribution in [0.15, 0.2) is 5.11 Å². The summed E-state index contributed by atoms with van der Waals surface area (Å²) < 4.78 is 15.8. The van der Waals surface area contributed by atoms with Gasteiger partial charge in [0.05, 0.1) is 18.2 Å². The van der Waals surface area contributed by atoms with Gasteiger partial charge in [-0.05, 0) is 12.5 Å². The van der Waals surface area contributed by atoms with Crippen molar-refractivity contribution >= 4 is 0 Å². The third-order valence-corrected chi connectivity index (χ3v) is 2.40. The van der Waals surface area contributed by atoms with Gasteiger partial charge in [-0.3, -0.25) is 0 Å². The van der Waals surface area contributed by atoms with E-state index in [1.165, 1.54) is 0 Å². The maximum absolute atomic E-state index is 8.39. The summed E-state index contributed by atoms with van der Waals surface area (Å²) in [5.41, 5.74) is 8.39. The molecule has 0 spiro atoms. The first-order valence-electron chi connectivity index (χ1n) is 4.48. The molecule has 1 heterocycles. The first-order chi connectivity index (χ1) is 6.72. The van der Waals surface area contributed by atoms with Crippen molar-refractivity contribution in [1.29, 1.82) is 0 Å². The van der Waals surface area contributed by atoms with Crippen LogP contribution in [0.2, 0.25) is 0 Å². The molecule has 0 aromatic carbocycles. The Morgan fingerprint density at radius 2 is 2.14 bits per heavy atom. The minimum absolute atomic E-state index is 0.139. The number of hydrogen-bond acceptors (Lipinski definition) is 4. The number of rotatable bonds is 3. The molecule has 0 radical (unpaired) electrons. The van der Waals surface area contributed by atoms with Crippen molar-refractivity contribution in [3.05, 3.63) is 10.4 Å². The molecule has 1 aliphatic heterocycles. The van der Waals surface area contributed by atoms with Crippen LogP contribution in [0.5, 0.6) is 0 Å². The van der Waals surface area contributed by atoms with Gasteiger partial charge in [-0.1, -0.05) is 5.11 Å². The number of ether oxygens (including phenoxy) is 3. The van der Waals surface area contributed by atoms with E-state index in [-0.39, 0.29) is 24.5 Å². The summed E-state index contributed by atoms with van der Waals surface area (Å²) >= 11 is 0. The molecule has 6 nitrogen and oxygen atoms in total. The molecular formula is C8H15N3O3. The summed E-state index contributed by atoms with van der Waals surface area (Å²) in [5, 5.41) is 3.66. The highest BCUT2D eigenvalue weighted by atomic mass is 16.7. The number of nitrogens with zero attached hydrogens (tertiary/aromatic N) is 3. The smallest absolute Gasteiger partial charge is 0.160 e. The van der Waals surface area contributed by atoms with Crippen LogP contribution in [-0.2, 0) is 14.2 Å². The van der Waals surface area contributed by atoms with E-state index in [4.69, 9.17) is 19.7 Å². The molecule has 0 bridgehead atoms. The molecule has 0 amide bonds. The van der Waals surface area contributed by atoms with Gasteiger partial charge in [-0.2, -0.15) is 0 Å². The summed E-state index contributed by atoms with van der Waals surface area (Å²) in [6, 6.07) is -0.281. The van der Waals surface area contributed by atoms with Gasteiger partial charge in [0.2, 0.25) is 0 Å². The van der Waals surface area contributed by atoms with Crippen LogP contribution in [0.4, 0.5) is 0 Å². The van der Waals surface area contributed by atoms with Gasteiger partial charge in [-0.15, -0.1) is 0 Å². The average molecular weight is 201 g/mol. The van der Waals surface area contributed by atoms with Crippen molar-refractivity contribution in [2.45, 2.75) is 37.9 Å². The van der Waals surface area contributed by atoms with Crippen molar-refractivity contribution in [3.8, 4) is 0 Å². The largest absolute Gasteiger partial charge is 0.381 e. The molecule has 1 fully saturated rings. The number of methoxy groups -OCH3 is 2. The fourth-order valence-corrected chi connectivity index (χ4v) is 1.62. The molecule has 4 atom stereocenters. The summed E-state index contributed by atoms with van der Waals surface area (Å²) in [4.78, 5) is 2.78. The van der Waals surface area contributed by atoms with Crippen molar-refractivity contribution in [2.24, 2.45) is 5.11 Å². The Morgan fingerprint density at radius 1 is 1.43 bits per heavy atom. The summed E-state index contributed by atoms with van der Waals surface area (Å²) in [5.74, 6) is 0. The maximum atomic E-state index is 8.39. The summed E-state index contributed by atoms with van der Waals surface area (Å²) in [7, 11) is 3.17. The predicted octanol–water partition coefficient (Wildman–Crippen LogP) is 1.46. The molecule has 4 unspecified atom stereocenters. The molecule has 1 aliphatic rings. The van der Waals surface area contributed by atoms with E-state index < -0.39 is 0 Å². The lowest BCUT2D eigenvalue weighted by Gasteiger charge is -2.36. The van der Waals surface area contributed by atoms with Crippen LogP contribution in [-0.4, -0.2) is 38.8 Å². The van der Waals surface area contributed by atoms with E-state index in [2.05, 4.69) is 10.0 Å². The highest BCUT2D eigenvalue weighted by molar-refractivity contribution is 4.87. The van der Waals surface area contributed by atoms with Crippen molar-refractivity contribution in [2.75, 3.05) is 14.2 Å². The topological polar surface area (TPSA) is 76.5 Å². The van der Waals surface area contributed by atoms with Crippen LogP contribution in [0, 0.1) is 0 Å². The van der Waals surface area contributed by atoms with E-state index in [1.807, 2.05) is 6.92 Å². The molecule has 6 heteroatoms. The Balaban J connectivity index is 2.70. The van der Waals surface area contributed by atoms with Crippen LogP contribution in [0.25, 0.3) is 10.4 Å². The van der Waals surface area contributed by atoms with Gasteiger partial charge in [0.1, 0.15) is 0 Å². The molecule has 1 rings (SSSR count). The lowest BCUT2D eigenvalue weighted by Crippen LogP contribution is -2.47. The van der Waals surface area contributed by atoms with E-state index in [1.54, 1.807) is 14.2 Å². The molecule has 80 valence electrons. The second-order valence-corrected chi connectivity index (χ2v) is 3.21. The van der Waals surface area contributed by atoms with E-state index >= 15 is 0 Å². The quantitative estimate of drug-likeness (QED) is 0.394. The molecule has 0 aromatic heterocycles. The Morgan fingerprint density at radius 3 is 2.64 bits per heavy atom. The lowest BCUT2D eigenvalue weighted by molar-refractivity contribution is -0.209. The minimum atomic E-state index is -0.281. The second kappa shape index (κ2) is 5.17. The first-order valence-corrected chi connectivity index (χ1v) is 4.48. The summed E-state index contributed by atoms with van der Waals surface area (Å²) in [6.07, 6.45) is -0.0182. The molecule has 0 aliphatic carbocycles. The van der Waals surface area contributed by atoms with E-state index in [9.17, 15) is 0 Å². The van der Waals surface area contributed by atoms with Crippen molar-refractivity contribution < 1.29 is 14.2 Å². The third-order valence-electron chi connectivity index (χ3n) is 2.40. The van der Waals surface area contributed by atoms with Crippen LogP contribution in [0.1, 0.15) is 13.3 Å². The Labute approximate surface area is 82.8 Å². The summed E-state index contributed by atoms with van der Waals surface area (Å²) in [6.45, 7) is 1.84. The first kappa shape index (κ1) is 11.3. The Bertz CT molecular complexity index is 230. The molecule has 1 saturated heterocycles. The van der Waals surface area contributed by atoms with Crippen molar-refractivity contribution in [3.63, 3.8) is 0 Å². The van der Waals surface area contributed by atoms with Gasteiger partial charge in [0.25, 0.3) is 0 Å². The van der Waals surface area contributed by atoms with Gasteiger partial charge >= 0.3 is 0 Å². The zero-order chi connectivity index (χ0) is 10.6. The predicted molar refractivity (Wildman–Crippen MR) is 49.7 cm³/mol. The monoisotopic (exact) mass is 201 g/mol. The van der Waals surface area contributed by atoms with Gasteiger partial charge < -0.3 is 14.2 Å². The Hall–Kier alpha value is -0.810. The lowest BCUT2D eigenvalue weighted by atomic mass is 10.0. The van der Waals surface area contributed by atoms with Crippen LogP contribution >= 0.6 is 0 Å². The average Bonchev–Trinajstić information content (AvgIpc) is 2.20. The van der Waals surface area contributed by atoms with Gasteiger partial charge in [0, 0.05) is 25.6 Å². The maximum Gasteiger partial charge on any atom is 0.160 e. The zero-order valence-electron chi connectivity index (χ0n) is 8.58. The number of azide groups is 1. The SMILES string of the molecule is COC1CC(OC)C(N=[N+]=[N-])C(C)O1. The minimum Gasteiger partial charge on any atom is -0.381 e. The van der Waals surface area contributed by atoms with Gasteiger partial charge in [0.15, 0.2) is 6.29 Å². The standard InChI is InChI=1S/C8H15N3O3/c1-5-8(10-11-9)6(12-2)4-7(13-3)14-5/h5-8H,4H2,1-3H3. The second-order valence-electron chi connectivity index (χ2n) is 3.21. The molecule has 0 N–H and O–H groups in total. The van der Waals surface area contributed by atoms with Gasteiger partial charge in [-0.25, -0.2) is 0 Å². The molecule has 0 saturated carbocycles. The van der Waals surface area contributed by atoms with Crippen molar-refractivity contribution in [1.82, 2.24) is 0 Å². The van der Waals surface area contributed by atoms with E-state index in [0.29, 0.717) is 6.42 Å². The fourth-order valence-electron chi connectivity index (χ4n) is 1.62. The third kappa shape index (κ3) is 2.36. The van der Waals surface area contributed by atoms with E-state index in [0.717, 1.165) is 0 Å². The molecule has 0 aromatic rings. The zero-order valence-corrected chi connectivity index (χ0v) is 8.58. The Kier molecular flexibility index (Phi) is 4.16. The normalized spacial score (nSPS) is 37.6. The van der Waals surface area contributed by atoms with Crippen LogP contribution < -0.4 is 0 Å².